The third-order valence-corrected chi connectivity index (χ3v) is 3.00. The van der Waals surface area contributed by atoms with Crippen LogP contribution in [0.5, 0.6) is 0 Å². The van der Waals surface area contributed by atoms with Crippen LogP contribution >= 0.6 is 0 Å². The van der Waals surface area contributed by atoms with Gasteiger partial charge in [0.05, 0.1) is 18.8 Å². The molecule has 0 radical (unpaired) electrons. The van der Waals surface area contributed by atoms with Gasteiger partial charge in [-0.3, -0.25) is 4.79 Å². The molecule has 0 spiro atoms. The highest BCUT2D eigenvalue weighted by atomic mass is 16.5. The molecule has 1 aromatic carbocycles. The molecule has 1 heterocycles. The standard InChI is InChI=1S/C13H17NO2/c1-13(2)10-16-8-7-14(13)12-6-4-3-5-11(12)9-15/h3-6,9H,7-8,10H2,1-2H3. The van der Waals surface area contributed by atoms with Crippen molar-refractivity contribution in [1.29, 1.82) is 0 Å². The number of hydrogen-bond acceptors (Lipinski definition) is 3. The molecule has 1 fully saturated rings. The van der Waals surface area contributed by atoms with E-state index in [1.165, 1.54) is 0 Å². The molecule has 0 aromatic heterocycles. The predicted octanol–water partition coefficient (Wildman–Crippen LogP) is 2.11. The van der Waals surface area contributed by atoms with Crippen LogP contribution in [0.15, 0.2) is 24.3 Å². The van der Waals surface area contributed by atoms with Crippen LogP contribution in [-0.2, 0) is 4.74 Å². The van der Waals surface area contributed by atoms with Gasteiger partial charge in [0.25, 0.3) is 0 Å². The number of para-hydroxylation sites is 1. The summed E-state index contributed by atoms with van der Waals surface area (Å²) in [4.78, 5) is 13.3. The van der Waals surface area contributed by atoms with Crippen molar-refractivity contribution in [3.05, 3.63) is 29.8 Å². The largest absolute Gasteiger partial charge is 0.377 e. The maximum atomic E-state index is 11.0. The van der Waals surface area contributed by atoms with Gasteiger partial charge < -0.3 is 9.64 Å². The Hall–Kier alpha value is -1.35. The van der Waals surface area contributed by atoms with Gasteiger partial charge in [-0.05, 0) is 26.0 Å². The van der Waals surface area contributed by atoms with E-state index in [0.29, 0.717) is 6.61 Å². The van der Waals surface area contributed by atoms with Crippen LogP contribution in [0.1, 0.15) is 24.2 Å². The zero-order valence-corrected chi connectivity index (χ0v) is 9.77. The third-order valence-electron chi connectivity index (χ3n) is 3.00. The van der Waals surface area contributed by atoms with Crippen molar-refractivity contribution in [1.82, 2.24) is 0 Å². The fraction of sp³-hybridized carbons (Fsp3) is 0.462. The molecule has 1 aromatic rings. The molecule has 86 valence electrons. The molecule has 0 N–H and O–H groups in total. The number of carbonyl (C=O) groups excluding carboxylic acids is 1. The number of ether oxygens (including phenoxy) is 1. The molecular weight excluding hydrogens is 202 g/mol. The number of hydrogen-bond donors (Lipinski definition) is 0. The molecule has 1 aliphatic heterocycles. The highest BCUT2D eigenvalue weighted by molar-refractivity contribution is 5.84. The van der Waals surface area contributed by atoms with Gasteiger partial charge in [0, 0.05) is 17.8 Å². The molecule has 0 bridgehead atoms. The molecule has 0 aliphatic carbocycles. The minimum atomic E-state index is -0.0582. The SMILES string of the molecule is CC1(C)COCCN1c1ccccc1C=O. The zero-order valence-electron chi connectivity index (χ0n) is 9.77. The maximum Gasteiger partial charge on any atom is 0.152 e. The van der Waals surface area contributed by atoms with Gasteiger partial charge in [-0.25, -0.2) is 0 Å². The summed E-state index contributed by atoms with van der Waals surface area (Å²) in [5, 5.41) is 0. The van der Waals surface area contributed by atoms with E-state index in [1.54, 1.807) is 0 Å². The first-order valence-corrected chi connectivity index (χ1v) is 5.55. The molecule has 0 unspecified atom stereocenters. The lowest BCUT2D eigenvalue weighted by Gasteiger charge is -2.44. The number of morpholine rings is 1. The van der Waals surface area contributed by atoms with Crippen molar-refractivity contribution in [2.75, 3.05) is 24.7 Å². The van der Waals surface area contributed by atoms with Gasteiger partial charge in [0.1, 0.15) is 0 Å². The van der Waals surface area contributed by atoms with E-state index >= 15 is 0 Å². The Kier molecular flexibility index (Phi) is 2.97. The van der Waals surface area contributed by atoms with Crippen molar-refractivity contribution < 1.29 is 9.53 Å². The number of aldehydes is 1. The summed E-state index contributed by atoms with van der Waals surface area (Å²) < 4.78 is 5.48. The molecule has 2 rings (SSSR count). The monoisotopic (exact) mass is 219 g/mol. The quantitative estimate of drug-likeness (QED) is 0.713. The lowest BCUT2D eigenvalue weighted by atomic mass is 10.00. The van der Waals surface area contributed by atoms with E-state index < -0.39 is 0 Å². The second-order valence-electron chi connectivity index (χ2n) is 4.69. The van der Waals surface area contributed by atoms with E-state index in [9.17, 15) is 4.79 Å². The Morgan fingerprint density at radius 2 is 2.12 bits per heavy atom. The van der Waals surface area contributed by atoms with Crippen LogP contribution in [0.4, 0.5) is 5.69 Å². The highest BCUT2D eigenvalue weighted by Crippen LogP contribution is 2.28. The maximum absolute atomic E-state index is 11.0. The highest BCUT2D eigenvalue weighted by Gasteiger charge is 2.31. The number of benzene rings is 1. The van der Waals surface area contributed by atoms with Crippen LogP contribution in [-0.4, -0.2) is 31.6 Å². The number of carbonyl (C=O) groups is 1. The lowest BCUT2D eigenvalue weighted by Crippen LogP contribution is -2.53. The topological polar surface area (TPSA) is 29.5 Å². The van der Waals surface area contributed by atoms with E-state index in [1.807, 2.05) is 24.3 Å². The summed E-state index contributed by atoms with van der Waals surface area (Å²) >= 11 is 0. The van der Waals surface area contributed by atoms with Crippen LogP contribution in [0.2, 0.25) is 0 Å². The Balaban J connectivity index is 2.38. The number of anilines is 1. The minimum absolute atomic E-state index is 0.0582. The third kappa shape index (κ3) is 1.95. The Morgan fingerprint density at radius 3 is 2.81 bits per heavy atom. The molecule has 0 amide bonds. The van der Waals surface area contributed by atoms with Gasteiger partial charge in [-0.1, -0.05) is 12.1 Å². The number of nitrogens with zero attached hydrogens (tertiary/aromatic N) is 1. The summed E-state index contributed by atoms with van der Waals surface area (Å²) in [5.74, 6) is 0. The second kappa shape index (κ2) is 4.26. The lowest BCUT2D eigenvalue weighted by molar-refractivity contribution is 0.0643. The Morgan fingerprint density at radius 1 is 1.38 bits per heavy atom. The first kappa shape index (κ1) is 11.1. The molecule has 16 heavy (non-hydrogen) atoms. The van der Waals surface area contributed by atoms with E-state index in [0.717, 1.165) is 30.7 Å². The normalized spacial score (nSPS) is 19.5. The Labute approximate surface area is 96.0 Å². The smallest absolute Gasteiger partial charge is 0.152 e. The van der Waals surface area contributed by atoms with Crippen molar-refractivity contribution in [2.45, 2.75) is 19.4 Å². The van der Waals surface area contributed by atoms with E-state index in [2.05, 4.69) is 18.7 Å². The second-order valence-corrected chi connectivity index (χ2v) is 4.69. The minimum Gasteiger partial charge on any atom is -0.377 e. The van der Waals surface area contributed by atoms with Gasteiger partial charge in [0.2, 0.25) is 0 Å². The molecule has 1 saturated heterocycles. The molecule has 0 saturated carbocycles. The van der Waals surface area contributed by atoms with E-state index in [4.69, 9.17) is 4.74 Å². The van der Waals surface area contributed by atoms with Gasteiger partial charge >= 0.3 is 0 Å². The summed E-state index contributed by atoms with van der Waals surface area (Å²) in [7, 11) is 0. The molecule has 3 heteroatoms. The van der Waals surface area contributed by atoms with Crippen LogP contribution in [0, 0.1) is 0 Å². The number of rotatable bonds is 2. The van der Waals surface area contributed by atoms with Gasteiger partial charge in [-0.15, -0.1) is 0 Å². The van der Waals surface area contributed by atoms with Crippen molar-refractivity contribution in [3.8, 4) is 0 Å². The molecular formula is C13H17NO2. The fourth-order valence-corrected chi connectivity index (χ4v) is 2.14. The average molecular weight is 219 g/mol. The van der Waals surface area contributed by atoms with Crippen molar-refractivity contribution in [3.63, 3.8) is 0 Å². The van der Waals surface area contributed by atoms with Gasteiger partial charge in [0.15, 0.2) is 6.29 Å². The Bertz CT molecular complexity index is 387. The first-order chi connectivity index (χ1) is 7.65. The van der Waals surface area contributed by atoms with Crippen LogP contribution in [0.3, 0.4) is 0 Å². The molecule has 1 aliphatic rings. The molecule has 3 nitrogen and oxygen atoms in total. The predicted molar refractivity (Wildman–Crippen MR) is 64.1 cm³/mol. The van der Waals surface area contributed by atoms with Crippen LogP contribution < -0.4 is 4.90 Å². The van der Waals surface area contributed by atoms with Gasteiger partial charge in [-0.2, -0.15) is 0 Å². The zero-order chi connectivity index (χ0) is 11.6. The summed E-state index contributed by atoms with van der Waals surface area (Å²) in [6.07, 6.45) is 0.918. The van der Waals surface area contributed by atoms with Crippen molar-refractivity contribution >= 4 is 12.0 Å². The average Bonchev–Trinajstić information content (AvgIpc) is 2.28. The van der Waals surface area contributed by atoms with Crippen molar-refractivity contribution in [2.24, 2.45) is 0 Å². The summed E-state index contributed by atoms with van der Waals surface area (Å²) in [5.41, 5.74) is 1.69. The van der Waals surface area contributed by atoms with E-state index in [-0.39, 0.29) is 5.54 Å². The summed E-state index contributed by atoms with van der Waals surface area (Å²) in [6.45, 7) is 6.51. The fourth-order valence-electron chi connectivity index (χ4n) is 2.14. The first-order valence-electron chi connectivity index (χ1n) is 5.55. The molecule has 0 atom stereocenters. The van der Waals surface area contributed by atoms with Crippen LogP contribution in [0.25, 0.3) is 0 Å². The summed E-state index contributed by atoms with van der Waals surface area (Å²) in [6, 6.07) is 7.71.